The number of ether oxygens (including phenoxy) is 1. The highest BCUT2D eigenvalue weighted by atomic mass is 16.5. The lowest BCUT2D eigenvalue weighted by atomic mass is 9.87. The Balaban J connectivity index is 1.75. The third kappa shape index (κ3) is 7.87. The Morgan fingerprint density at radius 1 is 0.944 bits per heavy atom. The number of unbranched alkanes of at least 4 members (excludes halogenated alkanes) is 3. The molecule has 36 heavy (non-hydrogen) atoms. The Morgan fingerprint density at radius 3 is 2.50 bits per heavy atom. The Labute approximate surface area is 215 Å². The van der Waals surface area contributed by atoms with Crippen LogP contribution in [0.25, 0.3) is 10.8 Å². The molecule has 3 aromatic carbocycles. The lowest BCUT2D eigenvalue weighted by Gasteiger charge is -2.17. The molecule has 0 amide bonds. The summed E-state index contributed by atoms with van der Waals surface area (Å²) in [7, 11) is 1.52. The molecular weight excluding hydrogens is 448 g/mol. The fraction of sp³-hybridized carbons (Fsp3) is 0.406. The molecule has 0 spiro atoms. The van der Waals surface area contributed by atoms with Crippen LogP contribution in [-0.4, -0.2) is 23.1 Å². The number of ketones is 1. The van der Waals surface area contributed by atoms with Crippen LogP contribution in [0.4, 0.5) is 0 Å². The van der Waals surface area contributed by atoms with E-state index in [1.165, 1.54) is 39.2 Å². The highest BCUT2D eigenvalue weighted by molar-refractivity contribution is 5.96. The second-order valence-electron chi connectivity index (χ2n) is 9.89. The molecule has 2 atom stereocenters. The number of benzene rings is 3. The van der Waals surface area contributed by atoms with Crippen molar-refractivity contribution in [1.29, 1.82) is 0 Å². The number of phenolic OH excluding ortho intramolecular Hbond substituents is 2. The van der Waals surface area contributed by atoms with Gasteiger partial charge in [-0.1, -0.05) is 82.4 Å². The summed E-state index contributed by atoms with van der Waals surface area (Å²) >= 11 is 0. The van der Waals surface area contributed by atoms with Gasteiger partial charge in [-0.3, -0.25) is 4.79 Å². The minimum atomic E-state index is -0.379. The largest absolute Gasteiger partial charge is 0.508 e. The van der Waals surface area contributed by atoms with E-state index in [2.05, 4.69) is 13.8 Å². The van der Waals surface area contributed by atoms with E-state index in [4.69, 9.17) is 4.74 Å². The lowest BCUT2D eigenvalue weighted by molar-refractivity contribution is -0.116. The Kier molecular flexibility index (Phi) is 10.4. The number of hydrogen-bond acceptors (Lipinski definition) is 4. The molecule has 0 radical (unpaired) electrons. The molecule has 0 heterocycles. The van der Waals surface area contributed by atoms with E-state index in [0.717, 1.165) is 40.7 Å². The molecule has 4 nitrogen and oxygen atoms in total. The minimum absolute atomic E-state index is 0.0533. The number of methoxy groups -OCH3 is 1. The van der Waals surface area contributed by atoms with E-state index in [0.29, 0.717) is 12.2 Å². The van der Waals surface area contributed by atoms with Gasteiger partial charge in [0.1, 0.15) is 5.75 Å². The molecule has 4 heteroatoms. The van der Waals surface area contributed by atoms with Gasteiger partial charge in [0, 0.05) is 0 Å². The van der Waals surface area contributed by atoms with Crippen LogP contribution in [0.3, 0.4) is 0 Å². The fourth-order valence-electron chi connectivity index (χ4n) is 4.72. The molecule has 0 aromatic heterocycles. The quantitative estimate of drug-likeness (QED) is 0.178. The molecule has 0 aliphatic heterocycles. The standard InChI is InChI=1S/C32H40O4/c1-4-5-7-10-23(2)11-8-6-9-12-30(34)29(19-24-13-18-31(35)32(20-24)36-3)26-15-14-25-16-17-28(33)22-27(25)21-26/h9,12-18,20-23,29,33,35H,4-8,10-11,19H2,1-3H3. The number of fused-ring (bicyclic) bond motifs is 1. The summed E-state index contributed by atoms with van der Waals surface area (Å²) in [5, 5.41) is 21.8. The van der Waals surface area contributed by atoms with E-state index in [1.807, 2.05) is 36.4 Å². The highest BCUT2D eigenvalue weighted by Gasteiger charge is 2.20. The maximum absolute atomic E-state index is 13.4. The summed E-state index contributed by atoms with van der Waals surface area (Å²) in [5.74, 6) is 1.08. The Bertz CT molecular complexity index is 1160. The molecule has 0 aliphatic rings. The smallest absolute Gasteiger partial charge is 0.163 e. The molecular formula is C32H40O4. The first-order valence-electron chi connectivity index (χ1n) is 13.2. The molecule has 0 aliphatic carbocycles. The van der Waals surface area contributed by atoms with Crippen LogP contribution in [0.1, 0.15) is 75.8 Å². The number of carbonyl (C=O) groups is 1. The van der Waals surface area contributed by atoms with Gasteiger partial charge in [0.25, 0.3) is 0 Å². The zero-order chi connectivity index (χ0) is 25.9. The van der Waals surface area contributed by atoms with Gasteiger partial charge in [0.05, 0.1) is 13.0 Å². The van der Waals surface area contributed by atoms with Crippen LogP contribution in [0.5, 0.6) is 17.2 Å². The van der Waals surface area contributed by atoms with Crippen LogP contribution >= 0.6 is 0 Å². The first-order valence-corrected chi connectivity index (χ1v) is 13.2. The normalized spacial score (nSPS) is 13.2. The maximum Gasteiger partial charge on any atom is 0.163 e. The van der Waals surface area contributed by atoms with E-state index in [9.17, 15) is 15.0 Å². The van der Waals surface area contributed by atoms with Gasteiger partial charge >= 0.3 is 0 Å². The zero-order valence-electron chi connectivity index (χ0n) is 21.9. The van der Waals surface area contributed by atoms with Crippen molar-refractivity contribution < 1.29 is 19.7 Å². The molecule has 0 bridgehead atoms. The van der Waals surface area contributed by atoms with Gasteiger partial charge in [-0.15, -0.1) is 0 Å². The molecule has 2 N–H and O–H groups in total. The summed E-state index contributed by atoms with van der Waals surface area (Å²) in [5.41, 5.74) is 1.81. The molecule has 3 aromatic rings. The van der Waals surface area contributed by atoms with E-state index >= 15 is 0 Å². The number of carbonyl (C=O) groups excluding carboxylic acids is 1. The van der Waals surface area contributed by atoms with Gasteiger partial charge in [-0.25, -0.2) is 0 Å². The van der Waals surface area contributed by atoms with Crippen molar-refractivity contribution in [2.45, 2.75) is 71.1 Å². The van der Waals surface area contributed by atoms with E-state index in [1.54, 1.807) is 30.3 Å². The van der Waals surface area contributed by atoms with Crippen LogP contribution in [0.2, 0.25) is 0 Å². The maximum atomic E-state index is 13.4. The van der Waals surface area contributed by atoms with Crippen LogP contribution < -0.4 is 4.74 Å². The van der Waals surface area contributed by atoms with Gasteiger partial charge in [-0.2, -0.15) is 0 Å². The monoisotopic (exact) mass is 488 g/mol. The fourth-order valence-corrected chi connectivity index (χ4v) is 4.72. The lowest BCUT2D eigenvalue weighted by Crippen LogP contribution is -2.13. The number of aromatic hydroxyl groups is 2. The summed E-state index contributed by atoms with van der Waals surface area (Å²) < 4.78 is 5.27. The van der Waals surface area contributed by atoms with E-state index in [-0.39, 0.29) is 23.2 Å². The summed E-state index contributed by atoms with van der Waals surface area (Å²) in [4.78, 5) is 13.4. The van der Waals surface area contributed by atoms with Crippen LogP contribution in [0, 0.1) is 5.92 Å². The van der Waals surface area contributed by atoms with Gasteiger partial charge < -0.3 is 14.9 Å². The van der Waals surface area contributed by atoms with Crippen molar-refractivity contribution in [2.24, 2.45) is 5.92 Å². The number of rotatable bonds is 14. The van der Waals surface area contributed by atoms with Crippen molar-refractivity contribution >= 4 is 16.6 Å². The molecule has 192 valence electrons. The first-order chi connectivity index (χ1) is 17.4. The summed E-state index contributed by atoms with van der Waals surface area (Å²) in [6.07, 6.45) is 12.6. The zero-order valence-corrected chi connectivity index (χ0v) is 21.9. The van der Waals surface area contributed by atoms with Gasteiger partial charge in [-0.05, 0) is 77.4 Å². The van der Waals surface area contributed by atoms with Crippen molar-refractivity contribution in [3.63, 3.8) is 0 Å². The average Bonchev–Trinajstić information content (AvgIpc) is 2.87. The second kappa shape index (κ2) is 13.7. The SMILES string of the molecule is CCCCCC(C)CCCC=CC(=O)C(Cc1ccc(O)c(OC)c1)c1ccc2ccc(O)cc2c1. The average molecular weight is 489 g/mol. The molecule has 3 rings (SSSR count). The van der Waals surface area contributed by atoms with Crippen molar-refractivity contribution in [1.82, 2.24) is 0 Å². The first kappa shape index (κ1) is 27.3. The van der Waals surface area contributed by atoms with Crippen molar-refractivity contribution in [2.75, 3.05) is 7.11 Å². The Morgan fingerprint density at radius 2 is 1.72 bits per heavy atom. The summed E-state index contributed by atoms with van der Waals surface area (Å²) in [6.45, 7) is 4.56. The number of hydrogen-bond donors (Lipinski definition) is 2. The second-order valence-corrected chi connectivity index (χ2v) is 9.89. The van der Waals surface area contributed by atoms with Gasteiger partial charge in [0.15, 0.2) is 17.3 Å². The molecule has 0 saturated carbocycles. The topological polar surface area (TPSA) is 66.8 Å². The van der Waals surface area contributed by atoms with Crippen LogP contribution in [-0.2, 0) is 11.2 Å². The minimum Gasteiger partial charge on any atom is -0.508 e. The predicted octanol–water partition coefficient (Wildman–Crippen LogP) is 8.10. The molecule has 0 saturated heterocycles. The Hall–Kier alpha value is -3.27. The predicted molar refractivity (Wildman–Crippen MR) is 148 cm³/mol. The summed E-state index contributed by atoms with van der Waals surface area (Å²) in [6, 6.07) is 16.5. The van der Waals surface area contributed by atoms with Gasteiger partial charge in [0.2, 0.25) is 0 Å². The molecule has 2 unspecified atom stereocenters. The van der Waals surface area contributed by atoms with Crippen molar-refractivity contribution in [3.05, 3.63) is 77.9 Å². The molecule has 0 fully saturated rings. The number of phenols is 2. The van der Waals surface area contributed by atoms with E-state index < -0.39 is 0 Å². The highest BCUT2D eigenvalue weighted by Crippen LogP contribution is 2.32. The third-order valence-corrected chi connectivity index (χ3v) is 6.93. The third-order valence-electron chi connectivity index (χ3n) is 6.93. The number of allylic oxidation sites excluding steroid dienone is 2. The van der Waals surface area contributed by atoms with Crippen LogP contribution in [0.15, 0.2) is 66.7 Å². The van der Waals surface area contributed by atoms with Crippen molar-refractivity contribution in [3.8, 4) is 17.2 Å².